The lowest BCUT2D eigenvalue weighted by molar-refractivity contribution is 0.112. The molecule has 0 bridgehead atoms. The minimum Gasteiger partial charge on any atom is -0.298 e. The zero-order valence-electron chi connectivity index (χ0n) is 7.89. The molecule has 0 fully saturated rings. The number of aldehydes is 1. The van der Waals surface area contributed by atoms with Crippen LogP contribution in [-0.2, 0) is 0 Å². The molecule has 0 aliphatic carbocycles. The zero-order chi connectivity index (χ0) is 10.1. The molecule has 4 nitrogen and oxygen atoms in total. The molecule has 0 spiro atoms. The summed E-state index contributed by atoms with van der Waals surface area (Å²) in [5, 5.41) is 5.05. The van der Waals surface area contributed by atoms with Crippen molar-refractivity contribution in [1.82, 2.24) is 14.6 Å². The smallest absolute Gasteiger partial charge is 0.189 e. The maximum Gasteiger partial charge on any atom is 0.189 e. The van der Waals surface area contributed by atoms with Crippen LogP contribution in [0.1, 0.15) is 16.1 Å². The van der Waals surface area contributed by atoms with Gasteiger partial charge in [-0.3, -0.25) is 4.79 Å². The molecule has 2 heterocycles. The van der Waals surface area contributed by atoms with Gasteiger partial charge in [0.05, 0.1) is 16.8 Å². The molecule has 0 aromatic carbocycles. The number of hydrogen-bond donors (Lipinski definition) is 0. The normalized spacial score (nSPS) is 10.7. The monoisotopic (exact) mass is 207 g/mol. The maximum absolute atomic E-state index is 10.8. The Hall–Kier alpha value is -1.36. The van der Waals surface area contributed by atoms with Crippen LogP contribution in [0.4, 0.5) is 0 Å². The van der Waals surface area contributed by atoms with Crippen molar-refractivity contribution in [1.29, 1.82) is 0 Å². The summed E-state index contributed by atoms with van der Waals surface area (Å²) in [5.41, 5.74) is 2.20. The predicted octanol–water partition coefficient (Wildman–Crippen LogP) is 1.57. The van der Waals surface area contributed by atoms with E-state index in [1.54, 1.807) is 16.8 Å². The minimum absolute atomic E-state index is 0.641. The van der Waals surface area contributed by atoms with Crippen LogP contribution >= 0.6 is 11.8 Å². The second-order valence-corrected chi connectivity index (χ2v) is 3.62. The van der Waals surface area contributed by atoms with Crippen molar-refractivity contribution in [2.75, 3.05) is 6.26 Å². The number of thioether (sulfide) groups is 1. The van der Waals surface area contributed by atoms with Crippen molar-refractivity contribution in [2.24, 2.45) is 0 Å². The summed E-state index contributed by atoms with van der Waals surface area (Å²) in [6, 6.07) is 1.80. The van der Waals surface area contributed by atoms with Crippen LogP contribution in [0.3, 0.4) is 0 Å². The van der Waals surface area contributed by atoms with Gasteiger partial charge in [-0.15, -0.1) is 0 Å². The summed E-state index contributed by atoms with van der Waals surface area (Å²) in [6.07, 6.45) is 4.45. The van der Waals surface area contributed by atoms with Gasteiger partial charge in [0.15, 0.2) is 11.4 Å². The molecule has 2 rings (SSSR count). The number of nitrogens with zero attached hydrogens (tertiary/aromatic N) is 3. The minimum atomic E-state index is 0.641. The molecule has 14 heavy (non-hydrogen) atoms. The lowest BCUT2D eigenvalue weighted by Gasteiger charge is -1.98. The van der Waals surface area contributed by atoms with E-state index >= 15 is 0 Å². The lowest BCUT2D eigenvalue weighted by Crippen LogP contribution is -1.94. The second-order valence-electron chi connectivity index (χ2n) is 2.85. The highest BCUT2D eigenvalue weighted by molar-refractivity contribution is 7.98. The summed E-state index contributed by atoms with van der Waals surface area (Å²) >= 11 is 1.50. The SMILES string of the molecule is CSc1nccc2c(C=O)c(C)nn12. The number of fused-ring (bicyclic) bond motifs is 1. The van der Waals surface area contributed by atoms with Crippen molar-refractivity contribution < 1.29 is 4.79 Å². The molecule has 0 unspecified atom stereocenters. The molecule has 0 saturated carbocycles. The fraction of sp³-hybridized carbons (Fsp3) is 0.222. The Balaban J connectivity index is 2.85. The van der Waals surface area contributed by atoms with Crippen LogP contribution in [0.5, 0.6) is 0 Å². The summed E-state index contributed by atoms with van der Waals surface area (Å²) in [4.78, 5) is 15.0. The van der Waals surface area contributed by atoms with Gasteiger partial charge in [0.1, 0.15) is 0 Å². The fourth-order valence-corrected chi connectivity index (χ4v) is 1.85. The van der Waals surface area contributed by atoms with Crippen molar-refractivity contribution in [3.05, 3.63) is 23.5 Å². The zero-order valence-corrected chi connectivity index (χ0v) is 8.71. The van der Waals surface area contributed by atoms with Crippen molar-refractivity contribution in [3.63, 3.8) is 0 Å². The molecular formula is C9H9N3OS. The van der Waals surface area contributed by atoms with Crippen LogP contribution in [0.25, 0.3) is 5.52 Å². The average Bonchev–Trinajstić information content (AvgIpc) is 2.52. The Labute approximate surface area is 85.3 Å². The molecular weight excluding hydrogens is 198 g/mol. The van der Waals surface area contributed by atoms with Gasteiger partial charge in [0.25, 0.3) is 0 Å². The topological polar surface area (TPSA) is 47.3 Å². The first kappa shape index (κ1) is 9.21. The molecule has 72 valence electrons. The highest BCUT2D eigenvalue weighted by atomic mass is 32.2. The Morgan fingerprint density at radius 1 is 1.57 bits per heavy atom. The van der Waals surface area contributed by atoms with Crippen LogP contribution < -0.4 is 0 Å². The van der Waals surface area contributed by atoms with Crippen LogP contribution in [0.15, 0.2) is 17.4 Å². The second kappa shape index (κ2) is 3.42. The van der Waals surface area contributed by atoms with E-state index in [0.29, 0.717) is 5.56 Å². The third-order valence-corrected chi connectivity index (χ3v) is 2.69. The van der Waals surface area contributed by atoms with E-state index in [9.17, 15) is 4.79 Å². The number of aromatic nitrogens is 3. The summed E-state index contributed by atoms with van der Waals surface area (Å²) in [7, 11) is 0. The molecule has 0 aliphatic heterocycles. The van der Waals surface area contributed by atoms with Crippen molar-refractivity contribution >= 4 is 23.6 Å². The van der Waals surface area contributed by atoms with Crippen LogP contribution in [-0.4, -0.2) is 27.1 Å². The third-order valence-electron chi connectivity index (χ3n) is 2.04. The first-order valence-electron chi connectivity index (χ1n) is 4.11. The van der Waals surface area contributed by atoms with Gasteiger partial charge in [0, 0.05) is 6.20 Å². The van der Waals surface area contributed by atoms with Gasteiger partial charge in [-0.25, -0.2) is 9.50 Å². The maximum atomic E-state index is 10.8. The van der Waals surface area contributed by atoms with Gasteiger partial charge in [-0.2, -0.15) is 5.10 Å². The molecule has 2 aromatic heterocycles. The van der Waals surface area contributed by atoms with E-state index in [4.69, 9.17) is 0 Å². The van der Waals surface area contributed by atoms with Gasteiger partial charge in [-0.05, 0) is 19.2 Å². The van der Waals surface area contributed by atoms with Crippen molar-refractivity contribution in [3.8, 4) is 0 Å². The number of hydrogen-bond acceptors (Lipinski definition) is 4. The number of carbonyl (C=O) groups is 1. The molecule has 0 atom stereocenters. The summed E-state index contributed by atoms with van der Waals surface area (Å²) in [6.45, 7) is 1.82. The Morgan fingerprint density at radius 3 is 3.00 bits per heavy atom. The van der Waals surface area contributed by atoms with Crippen LogP contribution in [0.2, 0.25) is 0 Å². The predicted molar refractivity (Wildman–Crippen MR) is 54.9 cm³/mol. The Kier molecular flexibility index (Phi) is 2.25. The number of rotatable bonds is 2. The Bertz CT molecular complexity index is 492. The fourth-order valence-electron chi connectivity index (χ4n) is 1.37. The van der Waals surface area contributed by atoms with Gasteiger partial charge < -0.3 is 0 Å². The highest BCUT2D eigenvalue weighted by Crippen LogP contribution is 2.18. The lowest BCUT2D eigenvalue weighted by atomic mass is 10.2. The summed E-state index contributed by atoms with van der Waals surface area (Å²) in [5.74, 6) is 0. The van der Waals surface area contributed by atoms with E-state index in [1.165, 1.54) is 11.8 Å². The molecule has 0 radical (unpaired) electrons. The van der Waals surface area contributed by atoms with E-state index in [1.807, 2.05) is 13.2 Å². The van der Waals surface area contributed by atoms with Gasteiger partial charge >= 0.3 is 0 Å². The van der Waals surface area contributed by atoms with E-state index in [-0.39, 0.29) is 0 Å². The first-order chi connectivity index (χ1) is 6.77. The molecule has 0 amide bonds. The molecule has 2 aromatic rings. The standard InChI is InChI=1S/C9H9N3OS/c1-6-7(5-13)8-3-4-10-9(14-2)12(8)11-6/h3-5H,1-2H3. The highest BCUT2D eigenvalue weighted by Gasteiger charge is 2.10. The Morgan fingerprint density at radius 2 is 2.36 bits per heavy atom. The van der Waals surface area contributed by atoms with E-state index in [2.05, 4.69) is 10.1 Å². The molecule has 0 saturated heterocycles. The van der Waals surface area contributed by atoms with Crippen LogP contribution in [0, 0.1) is 6.92 Å². The third kappa shape index (κ3) is 1.21. The van der Waals surface area contributed by atoms with Gasteiger partial charge in [0.2, 0.25) is 0 Å². The number of aryl methyl sites for hydroxylation is 1. The molecule has 0 aliphatic rings. The summed E-state index contributed by atoms with van der Waals surface area (Å²) < 4.78 is 1.70. The van der Waals surface area contributed by atoms with Gasteiger partial charge in [-0.1, -0.05) is 11.8 Å². The first-order valence-corrected chi connectivity index (χ1v) is 5.34. The average molecular weight is 207 g/mol. The number of carbonyl (C=O) groups excluding carboxylic acids is 1. The molecule has 5 heteroatoms. The van der Waals surface area contributed by atoms with E-state index < -0.39 is 0 Å². The quantitative estimate of drug-likeness (QED) is 0.426. The van der Waals surface area contributed by atoms with E-state index in [0.717, 1.165) is 22.7 Å². The molecule has 0 N–H and O–H groups in total. The largest absolute Gasteiger partial charge is 0.298 e. The van der Waals surface area contributed by atoms with Crippen molar-refractivity contribution in [2.45, 2.75) is 12.1 Å².